The van der Waals surface area contributed by atoms with Gasteiger partial charge in [0.25, 0.3) is 0 Å². The summed E-state index contributed by atoms with van der Waals surface area (Å²) < 4.78 is 19.0. The Bertz CT molecular complexity index is 798. The fourth-order valence-corrected chi connectivity index (χ4v) is 2.32. The van der Waals surface area contributed by atoms with Gasteiger partial charge in [0.15, 0.2) is 0 Å². The Balaban J connectivity index is 1.76. The molecule has 1 heterocycles. The van der Waals surface area contributed by atoms with Crippen molar-refractivity contribution in [2.45, 2.75) is 6.61 Å². The van der Waals surface area contributed by atoms with Crippen molar-refractivity contribution in [1.29, 1.82) is 0 Å². The lowest BCUT2D eigenvalue weighted by molar-refractivity contribution is 0.294. The van der Waals surface area contributed by atoms with E-state index in [1.165, 1.54) is 12.1 Å². The Kier molecular flexibility index (Phi) is 4.48. The third kappa shape index (κ3) is 3.64. The summed E-state index contributed by atoms with van der Waals surface area (Å²) in [6.45, 7) is 4.20. The van der Waals surface area contributed by atoms with Crippen LogP contribution in [-0.4, -0.2) is 4.98 Å². The maximum Gasteiger partial charge on any atom is 0.213 e. The Morgan fingerprint density at radius 3 is 2.57 bits per heavy atom. The molecule has 0 radical (unpaired) electrons. The molecule has 0 aliphatic heterocycles. The highest BCUT2D eigenvalue weighted by Gasteiger charge is 2.05. The molecule has 0 saturated carbocycles. The molecule has 0 atom stereocenters. The van der Waals surface area contributed by atoms with Crippen LogP contribution >= 0.6 is 0 Å². The zero-order valence-corrected chi connectivity index (χ0v) is 12.6. The molecule has 0 saturated heterocycles. The molecule has 0 spiro atoms. The van der Waals surface area contributed by atoms with E-state index in [1.54, 1.807) is 18.3 Å². The molecule has 3 aromatic rings. The molecule has 0 unspecified atom stereocenters. The highest BCUT2D eigenvalue weighted by atomic mass is 19.1. The van der Waals surface area contributed by atoms with Gasteiger partial charge in [-0.15, -0.1) is 0 Å². The number of nitrogens with zero attached hydrogens (tertiary/aromatic N) is 1. The van der Waals surface area contributed by atoms with Gasteiger partial charge in [-0.1, -0.05) is 49.1 Å². The van der Waals surface area contributed by atoms with Crippen molar-refractivity contribution >= 4 is 6.08 Å². The second kappa shape index (κ2) is 6.88. The van der Waals surface area contributed by atoms with E-state index in [0.717, 1.165) is 22.3 Å². The SMILES string of the molecule is C=Cc1cc(F)ccc1-c1ccc(OCc2ccccc2)nc1. The van der Waals surface area contributed by atoms with Crippen molar-refractivity contribution in [2.24, 2.45) is 0 Å². The first kappa shape index (κ1) is 15.0. The van der Waals surface area contributed by atoms with E-state index in [9.17, 15) is 4.39 Å². The van der Waals surface area contributed by atoms with Crippen LogP contribution in [0.25, 0.3) is 17.2 Å². The van der Waals surface area contributed by atoms with Gasteiger partial charge in [-0.25, -0.2) is 9.37 Å². The molecule has 1 aromatic heterocycles. The van der Waals surface area contributed by atoms with Gasteiger partial charge in [-0.05, 0) is 34.9 Å². The smallest absolute Gasteiger partial charge is 0.213 e. The van der Waals surface area contributed by atoms with E-state index in [-0.39, 0.29) is 5.82 Å². The fourth-order valence-electron chi connectivity index (χ4n) is 2.32. The highest BCUT2D eigenvalue weighted by molar-refractivity contribution is 5.74. The third-order valence-corrected chi connectivity index (χ3v) is 3.51. The molecule has 3 heteroatoms. The van der Waals surface area contributed by atoms with Crippen LogP contribution in [0.5, 0.6) is 5.88 Å². The molecule has 3 rings (SSSR count). The van der Waals surface area contributed by atoms with Crippen LogP contribution in [0.4, 0.5) is 4.39 Å². The summed E-state index contributed by atoms with van der Waals surface area (Å²) in [5.74, 6) is 0.277. The van der Waals surface area contributed by atoms with Crippen molar-refractivity contribution in [3.05, 3.63) is 90.4 Å². The normalized spacial score (nSPS) is 10.3. The van der Waals surface area contributed by atoms with Crippen LogP contribution in [-0.2, 0) is 6.61 Å². The monoisotopic (exact) mass is 305 g/mol. The minimum atomic E-state index is -0.278. The first-order chi connectivity index (χ1) is 11.3. The molecule has 0 fully saturated rings. The Hall–Kier alpha value is -2.94. The quantitative estimate of drug-likeness (QED) is 0.653. The number of hydrogen-bond acceptors (Lipinski definition) is 2. The summed E-state index contributed by atoms with van der Waals surface area (Å²) in [5, 5.41) is 0. The molecule has 0 aliphatic carbocycles. The fraction of sp³-hybridized carbons (Fsp3) is 0.0500. The van der Waals surface area contributed by atoms with Crippen molar-refractivity contribution in [1.82, 2.24) is 4.98 Å². The van der Waals surface area contributed by atoms with Crippen molar-refractivity contribution in [3.63, 3.8) is 0 Å². The average Bonchev–Trinajstić information content (AvgIpc) is 2.61. The van der Waals surface area contributed by atoms with E-state index in [1.807, 2.05) is 42.5 Å². The van der Waals surface area contributed by atoms with Gasteiger partial charge >= 0.3 is 0 Å². The number of aromatic nitrogens is 1. The number of halogens is 1. The second-order valence-corrected chi connectivity index (χ2v) is 5.10. The minimum absolute atomic E-state index is 0.278. The summed E-state index contributed by atoms with van der Waals surface area (Å²) in [4.78, 5) is 4.32. The molecular formula is C20H16FNO. The molecule has 0 amide bonds. The summed E-state index contributed by atoms with van der Waals surface area (Å²) >= 11 is 0. The lowest BCUT2D eigenvalue weighted by atomic mass is 10.0. The molecule has 114 valence electrons. The predicted octanol–water partition coefficient (Wildman–Crippen LogP) is 5.11. The number of hydrogen-bond donors (Lipinski definition) is 0. The largest absolute Gasteiger partial charge is 0.473 e. The topological polar surface area (TPSA) is 22.1 Å². The van der Waals surface area contributed by atoms with Crippen molar-refractivity contribution < 1.29 is 9.13 Å². The lowest BCUT2D eigenvalue weighted by Crippen LogP contribution is -1.97. The van der Waals surface area contributed by atoms with E-state index >= 15 is 0 Å². The van der Waals surface area contributed by atoms with Gasteiger partial charge in [0.05, 0.1) is 0 Å². The van der Waals surface area contributed by atoms with E-state index in [0.29, 0.717) is 12.5 Å². The van der Waals surface area contributed by atoms with Crippen molar-refractivity contribution in [2.75, 3.05) is 0 Å². The summed E-state index contributed by atoms with van der Waals surface area (Å²) in [5.41, 5.74) is 3.62. The van der Waals surface area contributed by atoms with Crippen LogP contribution in [0.3, 0.4) is 0 Å². The van der Waals surface area contributed by atoms with Gasteiger partial charge in [0.2, 0.25) is 5.88 Å². The number of ether oxygens (including phenoxy) is 1. The summed E-state index contributed by atoms with van der Waals surface area (Å²) in [6.07, 6.45) is 3.36. The Labute approximate surface area is 134 Å². The van der Waals surface area contributed by atoms with E-state index in [4.69, 9.17) is 4.74 Å². The van der Waals surface area contributed by atoms with Gasteiger partial charge in [-0.3, -0.25) is 0 Å². The van der Waals surface area contributed by atoms with Gasteiger partial charge in [-0.2, -0.15) is 0 Å². The first-order valence-corrected chi connectivity index (χ1v) is 7.31. The molecule has 2 nitrogen and oxygen atoms in total. The Morgan fingerprint density at radius 2 is 1.87 bits per heavy atom. The maximum absolute atomic E-state index is 13.3. The lowest BCUT2D eigenvalue weighted by Gasteiger charge is -2.08. The minimum Gasteiger partial charge on any atom is -0.473 e. The van der Waals surface area contributed by atoms with Crippen LogP contribution in [0, 0.1) is 5.82 Å². The van der Waals surface area contributed by atoms with Crippen LogP contribution < -0.4 is 4.74 Å². The number of benzene rings is 2. The molecule has 2 aromatic carbocycles. The maximum atomic E-state index is 13.3. The number of rotatable bonds is 5. The second-order valence-electron chi connectivity index (χ2n) is 5.10. The number of pyridine rings is 1. The molecule has 0 aliphatic rings. The zero-order valence-electron chi connectivity index (χ0n) is 12.6. The predicted molar refractivity (Wildman–Crippen MR) is 90.5 cm³/mol. The van der Waals surface area contributed by atoms with Gasteiger partial charge < -0.3 is 4.74 Å². The first-order valence-electron chi connectivity index (χ1n) is 7.31. The summed E-state index contributed by atoms with van der Waals surface area (Å²) in [6, 6.07) is 18.3. The van der Waals surface area contributed by atoms with Crippen LogP contribution in [0.2, 0.25) is 0 Å². The molecular weight excluding hydrogens is 289 g/mol. The van der Waals surface area contributed by atoms with E-state index < -0.39 is 0 Å². The molecule has 0 bridgehead atoms. The highest BCUT2D eigenvalue weighted by Crippen LogP contribution is 2.26. The molecule has 23 heavy (non-hydrogen) atoms. The van der Waals surface area contributed by atoms with E-state index in [2.05, 4.69) is 11.6 Å². The summed E-state index contributed by atoms with van der Waals surface area (Å²) in [7, 11) is 0. The standard InChI is InChI=1S/C20H16FNO/c1-2-16-12-18(21)9-10-19(16)17-8-11-20(22-13-17)23-14-15-6-4-3-5-7-15/h2-13H,1,14H2. The Morgan fingerprint density at radius 1 is 1.04 bits per heavy atom. The molecule has 0 N–H and O–H groups in total. The van der Waals surface area contributed by atoms with Crippen LogP contribution in [0.1, 0.15) is 11.1 Å². The van der Waals surface area contributed by atoms with Crippen LogP contribution in [0.15, 0.2) is 73.4 Å². The van der Waals surface area contributed by atoms with Gasteiger partial charge in [0.1, 0.15) is 12.4 Å². The van der Waals surface area contributed by atoms with Gasteiger partial charge in [0, 0.05) is 17.8 Å². The average molecular weight is 305 g/mol. The van der Waals surface area contributed by atoms with Crippen molar-refractivity contribution in [3.8, 4) is 17.0 Å². The zero-order chi connectivity index (χ0) is 16.1. The third-order valence-electron chi connectivity index (χ3n) is 3.51.